The van der Waals surface area contributed by atoms with E-state index in [4.69, 9.17) is 0 Å². The van der Waals surface area contributed by atoms with Gasteiger partial charge in [-0.1, -0.05) is 87.4 Å². The Kier molecular flexibility index (Phi) is 10.7. The first kappa shape index (κ1) is 29.7. The summed E-state index contributed by atoms with van der Waals surface area (Å²) in [5.41, 5.74) is 1.83. The molecule has 0 fully saturated rings. The molecule has 6 nitrogen and oxygen atoms in total. The predicted octanol–water partition coefficient (Wildman–Crippen LogP) is 5.01. The molecule has 4 aromatic carbocycles. The van der Waals surface area contributed by atoms with E-state index in [-0.39, 0.29) is 47.5 Å². The minimum atomic E-state index is -4.42. The van der Waals surface area contributed by atoms with Gasteiger partial charge >= 0.3 is 37.7 Å². The Bertz CT molecular complexity index is 1400. The molecule has 35 heavy (non-hydrogen) atoms. The third kappa shape index (κ3) is 7.26. The zero-order valence-corrected chi connectivity index (χ0v) is 23.6. The predicted molar refractivity (Wildman–Crippen MR) is 138 cm³/mol. The van der Waals surface area contributed by atoms with Gasteiger partial charge in [-0.25, -0.2) is 16.8 Å². The molecule has 0 radical (unpaired) electrons. The van der Waals surface area contributed by atoms with Crippen molar-refractivity contribution in [2.45, 2.75) is 49.3 Å². The van der Waals surface area contributed by atoms with E-state index in [0.29, 0.717) is 10.8 Å². The van der Waals surface area contributed by atoms with E-state index in [2.05, 4.69) is 0 Å². The maximum Gasteiger partial charge on any atom is 2.00 e. The minimum Gasteiger partial charge on any atom is -0.744 e. The average molecular weight is 539 g/mol. The number of benzene rings is 4. The molecular weight excluding hydrogens is 512 g/mol. The fourth-order valence-electron chi connectivity index (χ4n) is 4.14. The second kappa shape index (κ2) is 12.6. The van der Waals surface area contributed by atoms with Gasteiger partial charge in [0.05, 0.1) is 9.79 Å². The second-order valence-electron chi connectivity index (χ2n) is 7.95. The van der Waals surface area contributed by atoms with Gasteiger partial charge in [0.1, 0.15) is 20.2 Å². The molecule has 0 atom stereocenters. The van der Waals surface area contributed by atoms with E-state index in [1.165, 1.54) is 12.1 Å². The van der Waals surface area contributed by atoms with Crippen molar-refractivity contribution in [2.24, 2.45) is 0 Å². The maximum atomic E-state index is 11.2. The van der Waals surface area contributed by atoms with Crippen molar-refractivity contribution in [1.29, 1.82) is 0 Å². The van der Waals surface area contributed by atoms with Crippen molar-refractivity contribution >= 4 is 79.5 Å². The molecule has 0 bridgehead atoms. The van der Waals surface area contributed by atoms with Crippen molar-refractivity contribution in [3.8, 4) is 0 Å². The van der Waals surface area contributed by atoms with E-state index < -0.39 is 20.2 Å². The summed E-state index contributed by atoms with van der Waals surface area (Å²) in [6.45, 7) is 4.04. The van der Waals surface area contributed by atoms with E-state index in [1.54, 1.807) is 12.1 Å². The van der Waals surface area contributed by atoms with Crippen LogP contribution >= 0.6 is 0 Å². The Balaban J connectivity index is 0.000000240. The van der Waals surface area contributed by atoms with Gasteiger partial charge in [0.25, 0.3) is 0 Å². The number of hydrogen-bond donors (Lipinski definition) is 0. The molecule has 0 unspecified atom stereocenters. The monoisotopic (exact) mass is 538 g/mol. The minimum absolute atomic E-state index is 0. The summed E-state index contributed by atoms with van der Waals surface area (Å²) >= 11 is 0. The van der Waals surface area contributed by atoms with Crippen LogP contribution in [0, 0.1) is 0 Å². The Hall–Kier alpha value is -1.52. The first-order valence-corrected chi connectivity index (χ1v) is 13.8. The Morgan fingerprint density at radius 2 is 0.886 bits per heavy atom. The topological polar surface area (TPSA) is 114 Å². The Labute approximate surface area is 236 Å². The fraction of sp³-hybridized carbons (Fsp3) is 0.231. The molecule has 0 heterocycles. The van der Waals surface area contributed by atoms with Crippen molar-refractivity contribution in [3.05, 3.63) is 83.9 Å². The van der Waals surface area contributed by atoms with E-state index in [9.17, 15) is 25.9 Å². The molecule has 4 rings (SSSR count). The number of rotatable bonds is 6. The third-order valence-corrected chi connectivity index (χ3v) is 7.24. The van der Waals surface area contributed by atoms with E-state index >= 15 is 0 Å². The first-order chi connectivity index (χ1) is 16.1. The van der Waals surface area contributed by atoms with Crippen molar-refractivity contribution in [2.75, 3.05) is 0 Å². The van der Waals surface area contributed by atoms with Gasteiger partial charge in [-0.15, -0.1) is 0 Å². The molecule has 0 aromatic heterocycles. The van der Waals surface area contributed by atoms with Crippen LogP contribution in [0.25, 0.3) is 21.5 Å². The van der Waals surface area contributed by atoms with Gasteiger partial charge in [0, 0.05) is 10.8 Å². The van der Waals surface area contributed by atoms with Gasteiger partial charge in [-0.05, 0) is 46.9 Å². The first-order valence-electron chi connectivity index (χ1n) is 11.0. The summed E-state index contributed by atoms with van der Waals surface area (Å²) in [5, 5.41) is 2.75. The zero-order valence-electron chi connectivity index (χ0n) is 19.7. The molecule has 180 valence electrons. The van der Waals surface area contributed by atoms with Crippen LogP contribution in [0.5, 0.6) is 0 Å². The molecule has 0 N–H and O–H groups in total. The normalized spacial score (nSPS) is 11.5. The molecule has 0 saturated carbocycles. The summed E-state index contributed by atoms with van der Waals surface area (Å²) in [7, 11) is -8.84. The molecule has 4 aromatic rings. The summed E-state index contributed by atoms with van der Waals surface area (Å²) < 4.78 is 67.5. The Morgan fingerprint density at radius 3 is 1.17 bits per heavy atom. The summed E-state index contributed by atoms with van der Waals surface area (Å²) in [4.78, 5) is -0.224. The fourth-order valence-corrected chi connectivity index (χ4v) is 5.62. The molecular formula is C26H26CaO6S2. The van der Waals surface area contributed by atoms with Crippen molar-refractivity contribution in [1.82, 2.24) is 0 Å². The SMILES string of the molecule is CCCc1cccc2cccc(S(=O)(=O)[O-])c12.CCCc1cccc2cccc(S(=O)(=O)[O-])c12.[Ca+2]. The van der Waals surface area contributed by atoms with Crippen LogP contribution in [0.4, 0.5) is 0 Å². The van der Waals surface area contributed by atoms with Crippen molar-refractivity contribution < 1.29 is 25.9 Å². The van der Waals surface area contributed by atoms with Gasteiger partial charge in [-0.2, -0.15) is 0 Å². The van der Waals surface area contributed by atoms with E-state index in [1.807, 2.05) is 62.4 Å². The van der Waals surface area contributed by atoms with Crippen LogP contribution in [-0.2, 0) is 33.1 Å². The van der Waals surface area contributed by atoms with Crippen LogP contribution in [0.3, 0.4) is 0 Å². The molecule has 0 aliphatic rings. The number of fused-ring (bicyclic) bond motifs is 2. The van der Waals surface area contributed by atoms with Crippen molar-refractivity contribution in [3.63, 3.8) is 0 Å². The quantitative estimate of drug-likeness (QED) is 0.252. The summed E-state index contributed by atoms with van der Waals surface area (Å²) in [6.07, 6.45) is 3.35. The number of hydrogen-bond acceptors (Lipinski definition) is 6. The molecule has 0 spiro atoms. The maximum absolute atomic E-state index is 11.2. The van der Waals surface area contributed by atoms with Gasteiger partial charge in [0.2, 0.25) is 0 Å². The van der Waals surface area contributed by atoms with Crippen LogP contribution in [0.2, 0.25) is 0 Å². The van der Waals surface area contributed by atoms with Crippen LogP contribution in [-0.4, -0.2) is 63.7 Å². The molecule has 9 heteroatoms. The van der Waals surface area contributed by atoms with Crippen LogP contribution < -0.4 is 0 Å². The Morgan fingerprint density at radius 1 is 0.571 bits per heavy atom. The standard InChI is InChI=1S/2C13H14O3S.Ca/c2*1-2-5-10-6-3-7-11-8-4-9-12(13(10)11)17(14,15)16;/h2*3-4,6-9H,2,5H2,1H3,(H,14,15,16);/q;;+2/p-2. The largest absolute Gasteiger partial charge is 2.00 e. The third-order valence-electron chi connectivity index (χ3n) is 5.48. The summed E-state index contributed by atoms with van der Waals surface area (Å²) in [5.74, 6) is 0. The van der Waals surface area contributed by atoms with Gasteiger partial charge in [-0.3, -0.25) is 0 Å². The molecule has 0 aliphatic heterocycles. The van der Waals surface area contributed by atoms with E-state index in [0.717, 1.165) is 47.6 Å². The molecule has 0 aliphatic carbocycles. The van der Waals surface area contributed by atoms with Gasteiger partial charge < -0.3 is 9.11 Å². The molecule has 0 saturated heterocycles. The smallest absolute Gasteiger partial charge is 0.744 e. The van der Waals surface area contributed by atoms with Crippen LogP contribution in [0.1, 0.15) is 37.8 Å². The second-order valence-corrected chi connectivity index (χ2v) is 10.6. The summed E-state index contributed by atoms with van der Waals surface area (Å²) in [6, 6.07) is 20.8. The zero-order chi connectivity index (χ0) is 24.9. The number of aryl methyl sites for hydroxylation is 2. The van der Waals surface area contributed by atoms with Gasteiger partial charge in [0.15, 0.2) is 0 Å². The molecule has 0 amide bonds. The van der Waals surface area contributed by atoms with Crippen LogP contribution in [0.15, 0.2) is 82.6 Å². The average Bonchev–Trinajstić information content (AvgIpc) is 2.78.